The van der Waals surface area contributed by atoms with E-state index < -0.39 is 40.5 Å². The lowest BCUT2D eigenvalue weighted by Crippen LogP contribution is -2.44. The van der Waals surface area contributed by atoms with Crippen LogP contribution in [0.5, 0.6) is 0 Å². The van der Waals surface area contributed by atoms with Crippen molar-refractivity contribution in [2.24, 2.45) is 0 Å². The normalized spacial score (nSPS) is 20.7. The van der Waals surface area contributed by atoms with Crippen molar-refractivity contribution in [3.05, 3.63) is 0 Å². The molecular formula is C17H30F5NO2S. The minimum Gasteiger partial charge on any atom is -0.296 e. The van der Waals surface area contributed by atoms with Crippen LogP contribution in [0.4, 0.5) is 22.0 Å². The summed E-state index contributed by atoms with van der Waals surface area (Å²) < 4.78 is 85.5. The molecule has 0 amide bonds. The first-order valence-electron chi connectivity index (χ1n) is 9.07. The third-order valence-electron chi connectivity index (χ3n) is 4.84. The Labute approximate surface area is 153 Å². The van der Waals surface area contributed by atoms with E-state index in [0.29, 0.717) is 18.9 Å². The van der Waals surface area contributed by atoms with Crippen molar-refractivity contribution in [3.63, 3.8) is 0 Å². The molecular weight excluding hydrogens is 377 g/mol. The number of hydrogen-bond acceptors (Lipinski definition) is 3. The summed E-state index contributed by atoms with van der Waals surface area (Å²) in [4.78, 5) is 2.42. The van der Waals surface area contributed by atoms with E-state index in [4.69, 9.17) is 0 Å². The lowest BCUT2D eigenvalue weighted by Gasteiger charge is -2.37. The van der Waals surface area contributed by atoms with Crippen molar-refractivity contribution in [3.8, 4) is 0 Å². The molecule has 0 spiro atoms. The van der Waals surface area contributed by atoms with Crippen LogP contribution in [0.25, 0.3) is 0 Å². The summed E-state index contributed by atoms with van der Waals surface area (Å²) in [6, 6.07) is 0.420. The van der Waals surface area contributed by atoms with Gasteiger partial charge in [-0.05, 0) is 59.4 Å². The molecule has 0 N–H and O–H groups in total. The summed E-state index contributed by atoms with van der Waals surface area (Å²) in [5, 5.41) is 0. The van der Waals surface area contributed by atoms with Crippen LogP contribution in [-0.2, 0) is 9.84 Å². The number of sulfone groups is 1. The summed E-state index contributed by atoms with van der Waals surface area (Å²) in [5.74, 6) is -5.62. The Hall–Kier alpha value is -0.440. The maximum atomic E-state index is 12.8. The van der Waals surface area contributed by atoms with E-state index >= 15 is 0 Å². The van der Waals surface area contributed by atoms with Crippen molar-refractivity contribution in [1.82, 2.24) is 4.90 Å². The first-order valence-corrected chi connectivity index (χ1v) is 10.9. The summed E-state index contributed by atoms with van der Waals surface area (Å²) in [5.41, 5.74) is 0.0664. The number of halogens is 5. The summed E-state index contributed by atoms with van der Waals surface area (Å²) in [7, 11) is -3.60. The first kappa shape index (κ1) is 23.6. The molecule has 156 valence electrons. The second-order valence-corrected chi connectivity index (χ2v) is 10.4. The van der Waals surface area contributed by atoms with E-state index in [1.807, 2.05) is 0 Å². The number of rotatable bonds is 9. The molecule has 1 rings (SSSR count). The van der Waals surface area contributed by atoms with Gasteiger partial charge in [-0.25, -0.2) is 8.42 Å². The maximum Gasteiger partial charge on any atom is 0.453 e. The molecule has 0 aliphatic carbocycles. The summed E-state index contributed by atoms with van der Waals surface area (Å²) in [6.07, 6.45) is -3.62. The van der Waals surface area contributed by atoms with Crippen LogP contribution in [0.1, 0.15) is 65.7 Å². The zero-order valence-corrected chi connectivity index (χ0v) is 16.5. The van der Waals surface area contributed by atoms with E-state index in [1.165, 1.54) is 0 Å². The fourth-order valence-electron chi connectivity index (χ4n) is 3.48. The predicted molar refractivity (Wildman–Crippen MR) is 92.2 cm³/mol. The van der Waals surface area contributed by atoms with Crippen LogP contribution in [-0.4, -0.2) is 55.0 Å². The van der Waals surface area contributed by atoms with Crippen LogP contribution >= 0.6 is 0 Å². The molecule has 1 saturated heterocycles. The van der Waals surface area contributed by atoms with Gasteiger partial charge in [0.25, 0.3) is 0 Å². The van der Waals surface area contributed by atoms with Crippen LogP contribution in [0.15, 0.2) is 0 Å². The molecule has 0 unspecified atom stereocenters. The first-order chi connectivity index (χ1) is 11.7. The molecule has 1 aliphatic heterocycles. The summed E-state index contributed by atoms with van der Waals surface area (Å²) in [6.45, 7) is 7.46. The van der Waals surface area contributed by atoms with Gasteiger partial charge in [-0.2, -0.15) is 22.0 Å². The molecule has 3 nitrogen and oxygen atoms in total. The number of nitrogens with zero attached hydrogens (tertiary/aromatic N) is 1. The SMILES string of the molecule is CC(C)(C)N1CCC[C@H]1CCCCS(=O)(=O)CCCC(F)(F)C(F)(F)F. The Morgan fingerprint density at radius 2 is 1.54 bits per heavy atom. The highest BCUT2D eigenvalue weighted by Crippen LogP contribution is 2.38. The highest BCUT2D eigenvalue weighted by molar-refractivity contribution is 7.91. The molecule has 0 radical (unpaired) electrons. The molecule has 0 aromatic carbocycles. The fourth-order valence-corrected chi connectivity index (χ4v) is 4.91. The summed E-state index contributed by atoms with van der Waals surface area (Å²) >= 11 is 0. The standard InChI is InChI=1S/C17H30F5NO2S/c1-15(2,3)23-11-6-9-14(23)8-4-5-12-26(24,25)13-7-10-16(18,19)17(20,21)22/h14H,4-13H2,1-3H3/t14-/m1/s1. The van der Waals surface area contributed by atoms with E-state index in [0.717, 1.165) is 25.8 Å². The maximum absolute atomic E-state index is 12.8. The largest absolute Gasteiger partial charge is 0.453 e. The lowest BCUT2D eigenvalue weighted by molar-refractivity contribution is -0.284. The van der Waals surface area contributed by atoms with Gasteiger partial charge in [0.15, 0.2) is 0 Å². The molecule has 26 heavy (non-hydrogen) atoms. The van der Waals surface area contributed by atoms with E-state index in [2.05, 4.69) is 25.7 Å². The van der Waals surface area contributed by atoms with Crippen molar-refractivity contribution in [1.29, 1.82) is 0 Å². The monoisotopic (exact) mass is 407 g/mol. The highest BCUT2D eigenvalue weighted by atomic mass is 32.2. The molecule has 1 heterocycles. The van der Waals surface area contributed by atoms with Gasteiger partial charge in [0.05, 0.1) is 11.5 Å². The molecule has 1 atom stereocenters. The van der Waals surface area contributed by atoms with E-state index in [9.17, 15) is 30.4 Å². The van der Waals surface area contributed by atoms with Gasteiger partial charge in [0.2, 0.25) is 0 Å². The van der Waals surface area contributed by atoms with Crippen LogP contribution < -0.4 is 0 Å². The number of likely N-dealkylation sites (tertiary alicyclic amines) is 1. The van der Waals surface area contributed by atoms with Gasteiger partial charge in [0.1, 0.15) is 9.84 Å². The molecule has 0 bridgehead atoms. The topological polar surface area (TPSA) is 37.4 Å². The van der Waals surface area contributed by atoms with Crippen molar-refractivity contribution in [2.45, 2.75) is 89.4 Å². The lowest BCUT2D eigenvalue weighted by atomic mass is 10.0. The third kappa shape index (κ3) is 7.29. The Morgan fingerprint density at radius 1 is 0.962 bits per heavy atom. The van der Waals surface area contributed by atoms with E-state index in [-0.39, 0.29) is 11.3 Å². The van der Waals surface area contributed by atoms with Gasteiger partial charge in [0, 0.05) is 18.0 Å². The van der Waals surface area contributed by atoms with Crippen molar-refractivity contribution < 1.29 is 30.4 Å². The Balaban J connectivity index is 2.32. The third-order valence-corrected chi connectivity index (χ3v) is 6.66. The minimum absolute atomic E-state index is 0.0664. The smallest absolute Gasteiger partial charge is 0.296 e. The van der Waals surface area contributed by atoms with Crippen molar-refractivity contribution in [2.75, 3.05) is 18.1 Å². The van der Waals surface area contributed by atoms with E-state index in [1.54, 1.807) is 0 Å². The second-order valence-electron chi connectivity index (χ2n) is 8.11. The Bertz CT molecular complexity index is 540. The van der Waals surface area contributed by atoms with Crippen molar-refractivity contribution >= 4 is 9.84 Å². The molecule has 0 aromatic heterocycles. The molecule has 0 saturated carbocycles. The average Bonchev–Trinajstić information content (AvgIpc) is 2.90. The minimum atomic E-state index is -5.63. The zero-order chi connectivity index (χ0) is 20.2. The molecule has 1 aliphatic rings. The van der Waals surface area contributed by atoms with Crippen LogP contribution in [0.3, 0.4) is 0 Å². The molecule has 9 heteroatoms. The van der Waals surface area contributed by atoms with Gasteiger partial charge in [-0.3, -0.25) is 4.90 Å². The Morgan fingerprint density at radius 3 is 2.08 bits per heavy atom. The Kier molecular flexibility index (Phi) is 7.91. The number of unbranched alkanes of at least 4 members (excludes halogenated alkanes) is 1. The van der Waals surface area contributed by atoms with Crippen LogP contribution in [0, 0.1) is 0 Å². The highest BCUT2D eigenvalue weighted by Gasteiger charge is 2.56. The number of alkyl halides is 5. The number of hydrogen-bond donors (Lipinski definition) is 0. The van der Waals surface area contributed by atoms with Gasteiger partial charge in [-0.1, -0.05) is 6.42 Å². The van der Waals surface area contributed by atoms with Gasteiger partial charge < -0.3 is 0 Å². The molecule has 1 fully saturated rings. The van der Waals surface area contributed by atoms with Gasteiger partial charge >= 0.3 is 12.1 Å². The van der Waals surface area contributed by atoms with Crippen LogP contribution in [0.2, 0.25) is 0 Å². The zero-order valence-electron chi connectivity index (χ0n) is 15.7. The molecule has 0 aromatic rings. The predicted octanol–water partition coefficient (Wildman–Crippen LogP) is 4.81. The average molecular weight is 407 g/mol. The second kappa shape index (κ2) is 8.71. The fraction of sp³-hybridized carbons (Fsp3) is 1.00. The quantitative estimate of drug-likeness (QED) is 0.407. The van der Waals surface area contributed by atoms with Gasteiger partial charge in [-0.15, -0.1) is 0 Å².